The van der Waals surface area contributed by atoms with Gasteiger partial charge in [-0.1, -0.05) is 13.0 Å². The maximum absolute atomic E-state index is 3.65. The minimum atomic E-state index is 0.229. The molecular weight excluding hydrogens is 202 g/mol. The van der Waals surface area contributed by atoms with E-state index < -0.39 is 0 Å². The fourth-order valence-electron chi connectivity index (χ4n) is 2.15. The molecule has 15 heavy (non-hydrogen) atoms. The van der Waals surface area contributed by atoms with Crippen LogP contribution in [-0.2, 0) is 5.41 Å². The molecule has 1 fully saturated rings. The molecule has 2 heteroatoms. The second kappa shape index (κ2) is 3.60. The summed E-state index contributed by atoms with van der Waals surface area (Å²) in [7, 11) is 0. The van der Waals surface area contributed by atoms with Gasteiger partial charge in [0, 0.05) is 22.4 Å². The topological polar surface area (TPSA) is 12.0 Å². The highest BCUT2D eigenvalue weighted by Gasteiger charge is 2.52. The predicted molar refractivity (Wildman–Crippen MR) is 67.5 cm³/mol. The van der Waals surface area contributed by atoms with Crippen LogP contribution in [0.4, 0.5) is 0 Å². The van der Waals surface area contributed by atoms with Gasteiger partial charge in [0.1, 0.15) is 0 Å². The molecule has 0 aromatic carbocycles. The average Bonchev–Trinajstić information content (AvgIpc) is 2.63. The smallest absolute Gasteiger partial charge is 0.0200 e. The van der Waals surface area contributed by atoms with Gasteiger partial charge in [-0.15, -0.1) is 11.3 Å². The third-order valence-corrected chi connectivity index (χ3v) is 4.49. The van der Waals surface area contributed by atoms with Crippen molar-refractivity contribution in [2.24, 2.45) is 5.92 Å². The lowest BCUT2D eigenvalue weighted by Gasteiger charge is -2.25. The van der Waals surface area contributed by atoms with Crippen molar-refractivity contribution < 1.29 is 0 Å². The molecule has 0 bridgehead atoms. The van der Waals surface area contributed by atoms with Gasteiger partial charge >= 0.3 is 0 Å². The van der Waals surface area contributed by atoms with Gasteiger partial charge in [0.25, 0.3) is 0 Å². The number of nitrogens with one attached hydrogen (secondary N) is 1. The van der Waals surface area contributed by atoms with E-state index in [2.05, 4.69) is 50.5 Å². The van der Waals surface area contributed by atoms with Gasteiger partial charge in [-0.05, 0) is 44.6 Å². The molecule has 1 nitrogen and oxygen atoms in total. The van der Waals surface area contributed by atoms with Crippen molar-refractivity contribution in [3.05, 3.63) is 22.4 Å². The molecule has 1 aliphatic rings. The second-order valence-electron chi connectivity index (χ2n) is 5.84. The Bertz CT molecular complexity index is 323. The summed E-state index contributed by atoms with van der Waals surface area (Å²) < 4.78 is 0. The summed E-state index contributed by atoms with van der Waals surface area (Å²) in [6.45, 7) is 10.2. The molecule has 0 spiro atoms. The highest BCUT2D eigenvalue weighted by molar-refractivity contribution is 7.10. The molecule has 0 aliphatic heterocycles. The van der Waals surface area contributed by atoms with Crippen LogP contribution in [-0.4, -0.2) is 12.1 Å². The van der Waals surface area contributed by atoms with Crippen LogP contribution in [0.1, 0.15) is 39.0 Å². The summed E-state index contributed by atoms with van der Waals surface area (Å²) in [5.41, 5.74) is 0.675. The molecule has 1 aliphatic carbocycles. The van der Waals surface area contributed by atoms with Crippen LogP contribution in [0.5, 0.6) is 0 Å². The van der Waals surface area contributed by atoms with Crippen molar-refractivity contribution in [2.45, 2.75) is 45.1 Å². The van der Waals surface area contributed by atoms with E-state index in [0.717, 1.165) is 12.5 Å². The first-order valence-electron chi connectivity index (χ1n) is 5.73. The zero-order valence-electron chi connectivity index (χ0n) is 10.1. The minimum Gasteiger partial charge on any atom is -0.311 e. The van der Waals surface area contributed by atoms with Crippen LogP contribution >= 0.6 is 11.3 Å². The van der Waals surface area contributed by atoms with Crippen LogP contribution in [0.25, 0.3) is 0 Å². The average molecular weight is 223 g/mol. The van der Waals surface area contributed by atoms with E-state index in [1.165, 1.54) is 6.42 Å². The van der Waals surface area contributed by atoms with Crippen LogP contribution in [0.15, 0.2) is 17.5 Å². The van der Waals surface area contributed by atoms with Crippen molar-refractivity contribution >= 4 is 11.3 Å². The Balaban J connectivity index is 2.06. The van der Waals surface area contributed by atoms with E-state index in [0.29, 0.717) is 5.41 Å². The van der Waals surface area contributed by atoms with Crippen LogP contribution in [0, 0.1) is 5.92 Å². The minimum absolute atomic E-state index is 0.229. The largest absolute Gasteiger partial charge is 0.311 e. The molecule has 0 radical (unpaired) electrons. The Morgan fingerprint density at radius 3 is 2.60 bits per heavy atom. The Kier molecular flexibility index (Phi) is 2.68. The van der Waals surface area contributed by atoms with Crippen molar-refractivity contribution in [2.75, 3.05) is 6.54 Å². The highest BCUT2D eigenvalue weighted by atomic mass is 32.1. The van der Waals surface area contributed by atoms with Gasteiger partial charge in [-0.2, -0.15) is 0 Å². The zero-order chi connectivity index (χ0) is 11.1. The molecule has 2 rings (SSSR count). The fraction of sp³-hybridized carbons (Fsp3) is 0.692. The van der Waals surface area contributed by atoms with E-state index >= 15 is 0 Å². The standard InChI is InChI=1S/C13H21NS/c1-10-8-13(10,9-14-12(2,3)4)11-6-5-7-15-11/h5-7,10,14H,8-9H2,1-4H3. The molecule has 1 aromatic heterocycles. The molecule has 2 atom stereocenters. The van der Waals surface area contributed by atoms with Crippen LogP contribution < -0.4 is 5.32 Å². The van der Waals surface area contributed by atoms with E-state index in [1.807, 2.05) is 11.3 Å². The van der Waals surface area contributed by atoms with Gasteiger partial charge in [0.15, 0.2) is 0 Å². The van der Waals surface area contributed by atoms with Gasteiger partial charge in [0.05, 0.1) is 0 Å². The molecule has 1 aromatic rings. The Morgan fingerprint density at radius 1 is 1.53 bits per heavy atom. The fourth-order valence-corrected chi connectivity index (χ4v) is 3.20. The third kappa shape index (κ3) is 2.26. The van der Waals surface area contributed by atoms with Gasteiger partial charge in [-0.25, -0.2) is 0 Å². The molecule has 0 amide bonds. The maximum Gasteiger partial charge on any atom is 0.0200 e. The van der Waals surface area contributed by atoms with Crippen LogP contribution in [0.3, 0.4) is 0 Å². The van der Waals surface area contributed by atoms with E-state index in [9.17, 15) is 0 Å². The highest BCUT2D eigenvalue weighted by Crippen LogP contribution is 2.55. The lowest BCUT2D eigenvalue weighted by atomic mass is 9.99. The van der Waals surface area contributed by atoms with Crippen molar-refractivity contribution in [1.82, 2.24) is 5.32 Å². The normalized spacial score (nSPS) is 30.5. The molecule has 1 saturated carbocycles. The molecular formula is C13H21NS. The summed E-state index contributed by atoms with van der Waals surface area (Å²) in [6.07, 6.45) is 1.34. The zero-order valence-corrected chi connectivity index (χ0v) is 10.9. The summed E-state index contributed by atoms with van der Waals surface area (Å²) in [4.78, 5) is 1.56. The SMILES string of the molecule is CC1CC1(CNC(C)(C)C)c1cccs1. The first-order valence-corrected chi connectivity index (χ1v) is 6.61. The third-order valence-electron chi connectivity index (χ3n) is 3.40. The van der Waals surface area contributed by atoms with E-state index in [4.69, 9.17) is 0 Å². The number of hydrogen-bond acceptors (Lipinski definition) is 2. The maximum atomic E-state index is 3.65. The van der Waals surface area contributed by atoms with E-state index in [1.54, 1.807) is 4.88 Å². The van der Waals surface area contributed by atoms with Crippen molar-refractivity contribution in [3.8, 4) is 0 Å². The Morgan fingerprint density at radius 2 is 2.20 bits per heavy atom. The summed E-state index contributed by atoms with van der Waals surface area (Å²) in [5.74, 6) is 0.839. The van der Waals surface area contributed by atoms with Crippen molar-refractivity contribution in [3.63, 3.8) is 0 Å². The number of hydrogen-bond donors (Lipinski definition) is 1. The Hall–Kier alpha value is -0.340. The number of thiophene rings is 1. The molecule has 1 N–H and O–H groups in total. The van der Waals surface area contributed by atoms with Crippen LogP contribution in [0.2, 0.25) is 0 Å². The van der Waals surface area contributed by atoms with Gasteiger partial charge in [-0.3, -0.25) is 0 Å². The first kappa shape index (κ1) is 11.2. The lowest BCUT2D eigenvalue weighted by molar-refractivity contribution is 0.394. The molecule has 84 valence electrons. The summed E-state index contributed by atoms with van der Waals surface area (Å²) in [5, 5.41) is 5.84. The lowest BCUT2D eigenvalue weighted by Crippen LogP contribution is -2.41. The van der Waals surface area contributed by atoms with E-state index in [-0.39, 0.29) is 5.54 Å². The summed E-state index contributed by atoms with van der Waals surface area (Å²) >= 11 is 1.91. The van der Waals surface area contributed by atoms with Crippen molar-refractivity contribution in [1.29, 1.82) is 0 Å². The summed E-state index contributed by atoms with van der Waals surface area (Å²) in [6, 6.07) is 4.46. The number of rotatable bonds is 3. The monoisotopic (exact) mass is 223 g/mol. The molecule has 0 saturated heterocycles. The quantitative estimate of drug-likeness (QED) is 0.828. The van der Waals surface area contributed by atoms with Gasteiger partial charge in [0.2, 0.25) is 0 Å². The first-order chi connectivity index (χ1) is 6.94. The Labute approximate surface area is 96.9 Å². The molecule has 2 unspecified atom stereocenters. The second-order valence-corrected chi connectivity index (χ2v) is 6.79. The predicted octanol–water partition coefficient (Wildman–Crippen LogP) is 3.41. The molecule has 1 heterocycles. The van der Waals surface area contributed by atoms with Gasteiger partial charge < -0.3 is 5.32 Å².